The van der Waals surface area contributed by atoms with E-state index in [-0.39, 0.29) is 41.7 Å². The molecule has 1 aliphatic heterocycles. The molecule has 1 heterocycles. The van der Waals surface area contributed by atoms with Gasteiger partial charge in [0.05, 0.1) is 41.1 Å². The Balaban J connectivity index is 1.37. The molecule has 3 aromatic rings. The van der Waals surface area contributed by atoms with E-state index in [1.807, 2.05) is 0 Å². The molecule has 11 atom stereocenters. The molecule has 2 saturated carbocycles. The van der Waals surface area contributed by atoms with Crippen molar-refractivity contribution in [2.45, 2.75) is 95.7 Å². The lowest BCUT2D eigenvalue weighted by molar-refractivity contribution is -0.332. The molecule has 3 fully saturated rings. The van der Waals surface area contributed by atoms with Crippen LogP contribution >= 0.6 is 0 Å². The summed E-state index contributed by atoms with van der Waals surface area (Å²) in [5.41, 5.74) is -3.77. The fraction of sp³-hybridized carbons (Fsp3) is 0.404. The third-order valence-corrected chi connectivity index (χ3v) is 13.0. The molecule has 14 heteroatoms. The standard InChI is InChI=1S/C47H49NO13/c1-25(2)46-23-32(59-44(56)37(52)36(29-16-10-7-11-17-29)48-42(54)30-18-12-8-13-19-30)26(3)35(46)38(58-27(4)49)40(53)45(6)33(51)22-34-47(24-57-34,61-28(5)50)39(45)41(46)60-43(55)31-20-14-9-15-21-31/h7-21,32-34,36-39,41,51-52H,1,22-24H2,2-6H3,(H,48,54)/t32-,33-,34?,36+,37+,38+,39?,41?,45+,46-,47-/m0/s1. The van der Waals surface area contributed by atoms with Crippen molar-refractivity contribution in [1.29, 1.82) is 0 Å². The van der Waals surface area contributed by atoms with Crippen molar-refractivity contribution < 1.29 is 62.7 Å². The first-order valence-corrected chi connectivity index (χ1v) is 20.1. The molecular weight excluding hydrogens is 787 g/mol. The Morgan fingerprint density at radius 1 is 0.852 bits per heavy atom. The Morgan fingerprint density at radius 2 is 1.44 bits per heavy atom. The summed E-state index contributed by atoms with van der Waals surface area (Å²) < 4.78 is 30.7. The van der Waals surface area contributed by atoms with Gasteiger partial charge in [-0.3, -0.25) is 19.2 Å². The number of fused-ring (bicyclic) bond motifs is 4. The van der Waals surface area contributed by atoms with E-state index in [4.69, 9.17) is 23.7 Å². The van der Waals surface area contributed by atoms with Gasteiger partial charge in [0.2, 0.25) is 0 Å². The number of aliphatic hydroxyl groups excluding tert-OH is 2. The van der Waals surface area contributed by atoms with Gasteiger partial charge in [-0.1, -0.05) is 78.9 Å². The van der Waals surface area contributed by atoms with Crippen LogP contribution in [0.25, 0.3) is 0 Å². The molecule has 0 spiro atoms. The predicted molar refractivity (Wildman–Crippen MR) is 216 cm³/mol. The number of hydrogen-bond acceptors (Lipinski definition) is 13. The largest absolute Gasteiger partial charge is 0.457 e. The van der Waals surface area contributed by atoms with Crippen LogP contribution in [0.2, 0.25) is 0 Å². The van der Waals surface area contributed by atoms with Gasteiger partial charge in [-0.05, 0) is 61.7 Å². The molecule has 0 aromatic heterocycles. The lowest BCUT2D eigenvalue weighted by Gasteiger charge is -2.63. The van der Waals surface area contributed by atoms with Gasteiger partial charge >= 0.3 is 23.9 Å². The van der Waals surface area contributed by atoms with Crippen molar-refractivity contribution in [3.63, 3.8) is 0 Å². The summed E-state index contributed by atoms with van der Waals surface area (Å²) in [5, 5.41) is 26.5. The van der Waals surface area contributed by atoms with Crippen molar-refractivity contribution >= 4 is 35.6 Å². The van der Waals surface area contributed by atoms with Gasteiger partial charge in [0.25, 0.3) is 5.91 Å². The highest BCUT2D eigenvalue weighted by atomic mass is 16.6. The summed E-state index contributed by atoms with van der Waals surface area (Å²) in [6.07, 6.45) is -9.27. The highest BCUT2D eigenvalue weighted by molar-refractivity contribution is 5.97. The number of rotatable bonds is 11. The minimum atomic E-state index is -1.96. The first-order valence-electron chi connectivity index (χ1n) is 20.1. The number of esters is 4. The maximum absolute atomic E-state index is 15.4. The molecule has 1 amide bonds. The van der Waals surface area contributed by atoms with Crippen LogP contribution in [0.1, 0.15) is 79.8 Å². The van der Waals surface area contributed by atoms with Gasteiger partial charge in [-0.2, -0.15) is 0 Å². The average Bonchev–Trinajstić information content (AvgIpc) is 3.50. The lowest BCUT2D eigenvalue weighted by atomic mass is 9.51. The van der Waals surface area contributed by atoms with E-state index in [0.717, 1.165) is 6.92 Å². The number of Topliss-reactive ketones (excluding diaryl/α,β-unsaturated/α-hetero) is 1. The maximum atomic E-state index is 15.4. The lowest BCUT2D eigenvalue weighted by Crippen LogP contribution is -2.77. The monoisotopic (exact) mass is 835 g/mol. The number of hydrogen-bond donors (Lipinski definition) is 3. The summed E-state index contributed by atoms with van der Waals surface area (Å²) in [4.78, 5) is 83.4. The van der Waals surface area contributed by atoms with Crippen LogP contribution in [-0.4, -0.2) is 94.6 Å². The number of benzene rings is 3. The number of nitrogens with one attached hydrogen (secondary N) is 1. The highest BCUT2D eigenvalue weighted by Gasteiger charge is 2.78. The van der Waals surface area contributed by atoms with Crippen LogP contribution in [0.3, 0.4) is 0 Å². The Labute approximate surface area is 352 Å². The van der Waals surface area contributed by atoms with E-state index in [1.54, 1.807) is 92.7 Å². The number of ether oxygens (including phenoxy) is 5. The maximum Gasteiger partial charge on any atom is 0.338 e. The molecule has 1 saturated heterocycles. The third kappa shape index (κ3) is 7.25. The molecule has 0 bridgehead atoms. The van der Waals surface area contributed by atoms with Crippen molar-refractivity contribution in [3.05, 3.63) is 131 Å². The van der Waals surface area contributed by atoms with E-state index in [2.05, 4.69) is 11.9 Å². The molecule has 61 heavy (non-hydrogen) atoms. The number of amides is 1. The van der Waals surface area contributed by atoms with E-state index < -0.39 is 101 Å². The molecule has 3 aromatic carbocycles. The third-order valence-electron chi connectivity index (χ3n) is 13.0. The average molecular weight is 836 g/mol. The zero-order chi connectivity index (χ0) is 44.0. The summed E-state index contributed by atoms with van der Waals surface area (Å²) in [5.74, 6) is -6.21. The number of aliphatic hydroxyl groups is 2. The zero-order valence-corrected chi connectivity index (χ0v) is 34.5. The molecule has 14 nitrogen and oxygen atoms in total. The van der Waals surface area contributed by atoms with Crippen LogP contribution in [-0.2, 0) is 42.9 Å². The summed E-state index contributed by atoms with van der Waals surface area (Å²) in [6.45, 7) is 11.1. The second-order valence-electron chi connectivity index (χ2n) is 16.6. The molecule has 0 radical (unpaired) electrons. The smallest absolute Gasteiger partial charge is 0.338 e. The van der Waals surface area contributed by atoms with Crippen LogP contribution in [0, 0.1) is 16.7 Å². The first kappa shape index (κ1) is 43.1. The van der Waals surface area contributed by atoms with Crippen LogP contribution in [0.15, 0.2) is 114 Å². The SMILES string of the molecule is C=C(C)[C@@]12C[C@H](OC(=O)[C@H](O)[C@H](NC(=O)c3ccccc3)c3ccccc3)C(C)=C1[C@@H](OC(C)=O)C(=O)[C@@]1(C)C(C2OC(=O)c2ccccc2)[C@]2(OC(C)=O)COC2C[C@@H]1O. The van der Waals surface area contributed by atoms with Gasteiger partial charge < -0.3 is 39.2 Å². The molecular formula is C47H49NO13. The van der Waals surface area contributed by atoms with Gasteiger partial charge in [-0.15, -0.1) is 0 Å². The number of carbonyl (C=O) groups is 6. The van der Waals surface area contributed by atoms with Gasteiger partial charge in [0.15, 0.2) is 23.6 Å². The zero-order valence-electron chi connectivity index (χ0n) is 34.5. The quantitative estimate of drug-likeness (QED) is 0.138. The number of carbonyl (C=O) groups excluding carboxylic acids is 6. The molecule has 3 unspecified atom stereocenters. The fourth-order valence-corrected chi connectivity index (χ4v) is 10.0. The normalized spacial score (nSPS) is 31.0. The Bertz CT molecular complexity index is 2280. The second kappa shape index (κ2) is 16.5. The van der Waals surface area contributed by atoms with Crippen LogP contribution in [0.5, 0.6) is 0 Å². The Kier molecular flexibility index (Phi) is 11.7. The topological polar surface area (TPSA) is 201 Å². The van der Waals surface area contributed by atoms with Crippen molar-refractivity contribution in [2.75, 3.05) is 6.61 Å². The van der Waals surface area contributed by atoms with Gasteiger partial charge in [0.1, 0.15) is 18.3 Å². The van der Waals surface area contributed by atoms with Crippen LogP contribution in [0.4, 0.5) is 0 Å². The van der Waals surface area contributed by atoms with Gasteiger partial charge in [-0.25, -0.2) is 9.59 Å². The predicted octanol–water partition coefficient (Wildman–Crippen LogP) is 4.54. The number of ketones is 1. The summed E-state index contributed by atoms with van der Waals surface area (Å²) in [6, 6.07) is 23.4. The van der Waals surface area contributed by atoms with Crippen LogP contribution < -0.4 is 5.32 Å². The van der Waals surface area contributed by atoms with Gasteiger partial charge in [0, 0.05) is 32.3 Å². The van der Waals surface area contributed by atoms with Crippen molar-refractivity contribution in [3.8, 4) is 0 Å². The minimum absolute atomic E-state index is 0.105. The Hall–Kier alpha value is -5.96. The molecule has 7 rings (SSSR count). The molecule has 3 aliphatic carbocycles. The van der Waals surface area contributed by atoms with E-state index >= 15 is 4.79 Å². The van der Waals surface area contributed by atoms with E-state index in [1.165, 1.54) is 26.0 Å². The van der Waals surface area contributed by atoms with Crippen molar-refractivity contribution in [1.82, 2.24) is 5.32 Å². The second-order valence-corrected chi connectivity index (χ2v) is 16.6. The summed E-state index contributed by atoms with van der Waals surface area (Å²) in [7, 11) is 0. The fourth-order valence-electron chi connectivity index (χ4n) is 10.0. The van der Waals surface area contributed by atoms with Crippen molar-refractivity contribution in [2.24, 2.45) is 16.7 Å². The highest BCUT2D eigenvalue weighted by Crippen LogP contribution is 2.66. The molecule has 4 aliphatic rings. The first-order chi connectivity index (χ1) is 29.0. The Morgan fingerprint density at radius 3 is 1.98 bits per heavy atom. The minimum Gasteiger partial charge on any atom is -0.457 e. The van der Waals surface area contributed by atoms with E-state index in [9.17, 15) is 34.2 Å². The molecule has 320 valence electrons. The summed E-state index contributed by atoms with van der Waals surface area (Å²) >= 11 is 0. The molecule has 3 N–H and O–H groups in total. The van der Waals surface area contributed by atoms with E-state index in [0.29, 0.717) is 11.1 Å².